The molecule has 0 radical (unpaired) electrons. The molecule has 0 aliphatic carbocycles. The summed E-state index contributed by atoms with van der Waals surface area (Å²) in [5.74, 6) is 1.04. The van der Waals surface area contributed by atoms with Crippen LogP contribution in [0.4, 0.5) is 5.69 Å². The fourth-order valence-corrected chi connectivity index (χ4v) is 5.30. The average Bonchev–Trinajstić information content (AvgIpc) is 3.59. The topological polar surface area (TPSA) is 89.5 Å². The molecule has 2 fully saturated rings. The summed E-state index contributed by atoms with van der Waals surface area (Å²) < 4.78 is 0. The normalized spacial score (nSPS) is 19.4. The fourth-order valence-electron chi connectivity index (χ4n) is 4.98. The van der Waals surface area contributed by atoms with E-state index in [0.29, 0.717) is 18.1 Å². The van der Waals surface area contributed by atoms with Crippen molar-refractivity contribution in [1.29, 1.82) is 0 Å². The number of likely N-dealkylation sites (tertiary alicyclic amines) is 1. The Labute approximate surface area is 208 Å². The van der Waals surface area contributed by atoms with Gasteiger partial charge in [-0.1, -0.05) is 24.3 Å². The molecule has 1 unspecified atom stereocenters. The number of thiocarbonyl (C=S) groups is 1. The molecule has 6 rings (SSSR count). The molecule has 1 amide bonds. The fraction of sp³-hybridized carbons (Fsp3) is 0.269. The zero-order chi connectivity index (χ0) is 23.8. The van der Waals surface area contributed by atoms with Gasteiger partial charge in [-0.25, -0.2) is 4.98 Å². The Balaban J connectivity index is 1.37. The number of hydrogen-bond donors (Lipinski definition) is 2. The van der Waals surface area contributed by atoms with Gasteiger partial charge >= 0.3 is 0 Å². The molecule has 2 aromatic carbocycles. The third kappa shape index (κ3) is 4.01. The van der Waals surface area contributed by atoms with Crippen molar-refractivity contribution in [2.75, 3.05) is 24.5 Å². The Hall–Kier alpha value is -3.85. The lowest BCUT2D eigenvalue weighted by molar-refractivity contribution is -0.127. The van der Waals surface area contributed by atoms with Crippen molar-refractivity contribution in [2.45, 2.75) is 25.3 Å². The molecule has 9 heteroatoms. The van der Waals surface area contributed by atoms with Crippen LogP contribution < -0.4 is 10.2 Å². The van der Waals surface area contributed by atoms with E-state index in [0.717, 1.165) is 65.0 Å². The molecular formula is C26H25N7OS. The number of benzene rings is 2. The van der Waals surface area contributed by atoms with Crippen molar-refractivity contribution >= 4 is 56.7 Å². The Bertz CT molecular complexity index is 1460. The number of amides is 1. The van der Waals surface area contributed by atoms with E-state index in [2.05, 4.69) is 44.5 Å². The number of aliphatic imine (C=N–C) groups is 1. The highest BCUT2D eigenvalue weighted by Crippen LogP contribution is 2.36. The van der Waals surface area contributed by atoms with Crippen LogP contribution >= 0.6 is 12.2 Å². The van der Waals surface area contributed by atoms with Crippen LogP contribution in [0.25, 0.3) is 21.9 Å². The van der Waals surface area contributed by atoms with E-state index in [1.165, 1.54) is 0 Å². The standard InChI is InChI=1S/C26H25N7OS/c34-22-8-3-13-32(22)14-4-12-28-25-24(19-7-1-5-17-6-2-11-27-23(17)19)33(26(35)31-25)18-9-10-20-21(15-18)30-16-29-20/h1-2,5-7,9-11,15-16,24H,3-4,8,12-14H2,(H,29,30)(H,28,31,35). The number of hydrogen-bond acceptors (Lipinski definition) is 5. The minimum atomic E-state index is -0.241. The van der Waals surface area contributed by atoms with Crippen LogP contribution in [0.5, 0.6) is 0 Å². The van der Waals surface area contributed by atoms with Crippen molar-refractivity contribution in [3.05, 3.63) is 66.6 Å². The van der Waals surface area contributed by atoms with Gasteiger partial charge < -0.3 is 20.1 Å². The van der Waals surface area contributed by atoms with Gasteiger partial charge in [-0.15, -0.1) is 0 Å². The van der Waals surface area contributed by atoms with Crippen LogP contribution in [0.1, 0.15) is 30.9 Å². The van der Waals surface area contributed by atoms with Crippen LogP contribution in [-0.4, -0.2) is 56.3 Å². The van der Waals surface area contributed by atoms with Crippen molar-refractivity contribution < 1.29 is 4.79 Å². The number of nitrogens with one attached hydrogen (secondary N) is 2. The molecule has 0 saturated carbocycles. The van der Waals surface area contributed by atoms with E-state index in [4.69, 9.17) is 22.2 Å². The SMILES string of the molecule is O=C1CCCN1CCCN=C1NC(=S)N(c2ccc3nc[nH]c3c2)C1c1cccc2cccnc12. The van der Waals surface area contributed by atoms with Crippen LogP contribution in [0, 0.1) is 0 Å². The quantitative estimate of drug-likeness (QED) is 0.319. The number of nitrogens with zero attached hydrogens (tertiary/aromatic N) is 5. The first-order valence-electron chi connectivity index (χ1n) is 11.9. The second-order valence-corrected chi connectivity index (χ2v) is 9.22. The number of fused-ring (bicyclic) bond motifs is 2. The largest absolute Gasteiger partial charge is 0.345 e. The maximum atomic E-state index is 11.9. The van der Waals surface area contributed by atoms with Gasteiger partial charge in [0.1, 0.15) is 11.9 Å². The summed E-state index contributed by atoms with van der Waals surface area (Å²) in [7, 11) is 0. The summed E-state index contributed by atoms with van der Waals surface area (Å²) in [5.41, 5.74) is 4.76. The number of aromatic nitrogens is 3. The number of amidine groups is 1. The summed E-state index contributed by atoms with van der Waals surface area (Å²) in [5, 5.41) is 5.03. The van der Waals surface area contributed by atoms with Gasteiger partial charge in [-0.2, -0.15) is 0 Å². The van der Waals surface area contributed by atoms with Crippen LogP contribution in [-0.2, 0) is 4.79 Å². The van der Waals surface area contributed by atoms with Gasteiger partial charge in [0.25, 0.3) is 0 Å². The zero-order valence-electron chi connectivity index (χ0n) is 19.1. The maximum Gasteiger partial charge on any atom is 0.222 e. The molecule has 4 aromatic rings. The highest BCUT2D eigenvalue weighted by atomic mass is 32.1. The third-order valence-corrected chi connectivity index (χ3v) is 6.95. The number of pyridine rings is 1. The van der Waals surface area contributed by atoms with E-state index in [1.807, 2.05) is 35.4 Å². The summed E-state index contributed by atoms with van der Waals surface area (Å²) in [6, 6.07) is 16.1. The molecule has 1 atom stereocenters. The first-order chi connectivity index (χ1) is 17.2. The summed E-state index contributed by atoms with van der Waals surface area (Å²) in [6.45, 7) is 2.20. The number of carbonyl (C=O) groups excluding carboxylic acids is 1. The van der Waals surface area contributed by atoms with Gasteiger partial charge in [-0.3, -0.25) is 14.8 Å². The minimum Gasteiger partial charge on any atom is -0.345 e. The summed E-state index contributed by atoms with van der Waals surface area (Å²) >= 11 is 5.82. The predicted octanol–water partition coefficient (Wildman–Crippen LogP) is 3.96. The van der Waals surface area contributed by atoms with Gasteiger partial charge in [-0.05, 0) is 49.3 Å². The highest BCUT2D eigenvalue weighted by molar-refractivity contribution is 7.80. The number of para-hydroxylation sites is 1. The van der Waals surface area contributed by atoms with Gasteiger partial charge in [0.05, 0.1) is 22.9 Å². The number of H-pyrrole nitrogens is 1. The second-order valence-electron chi connectivity index (χ2n) is 8.83. The van der Waals surface area contributed by atoms with Crippen LogP contribution in [0.3, 0.4) is 0 Å². The van der Waals surface area contributed by atoms with Gasteiger partial charge in [0, 0.05) is 48.9 Å². The van der Waals surface area contributed by atoms with Crippen molar-refractivity contribution in [2.24, 2.45) is 4.99 Å². The van der Waals surface area contributed by atoms with Crippen LogP contribution in [0.2, 0.25) is 0 Å². The van der Waals surface area contributed by atoms with Crippen LogP contribution in [0.15, 0.2) is 66.0 Å². The molecule has 2 saturated heterocycles. The number of rotatable bonds is 6. The lowest BCUT2D eigenvalue weighted by atomic mass is 10.0. The molecule has 176 valence electrons. The molecule has 2 aliphatic heterocycles. The van der Waals surface area contributed by atoms with Crippen molar-refractivity contribution in [3.8, 4) is 0 Å². The molecule has 0 bridgehead atoms. The van der Waals surface area contributed by atoms with E-state index >= 15 is 0 Å². The van der Waals surface area contributed by atoms with Crippen molar-refractivity contribution in [1.82, 2.24) is 25.2 Å². The smallest absolute Gasteiger partial charge is 0.222 e. The lowest BCUT2D eigenvalue weighted by Gasteiger charge is -2.25. The predicted molar refractivity (Wildman–Crippen MR) is 142 cm³/mol. The Kier molecular flexibility index (Phi) is 5.61. The monoisotopic (exact) mass is 483 g/mol. The molecule has 4 heterocycles. The van der Waals surface area contributed by atoms with Gasteiger partial charge in [0.15, 0.2) is 5.11 Å². The number of anilines is 1. The molecule has 35 heavy (non-hydrogen) atoms. The average molecular weight is 484 g/mol. The number of carbonyl (C=O) groups is 1. The highest BCUT2D eigenvalue weighted by Gasteiger charge is 2.37. The summed E-state index contributed by atoms with van der Waals surface area (Å²) in [4.78, 5) is 33.2. The Morgan fingerprint density at radius 1 is 1.14 bits per heavy atom. The van der Waals surface area contributed by atoms with E-state index < -0.39 is 0 Å². The molecular weight excluding hydrogens is 458 g/mol. The first-order valence-corrected chi connectivity index (χ1v) is 12.3. The third-order valence-electron chi connectivity index (χ3n) is 6.65. The summed E-state index contributed by atoms with van der Waals surface area (Å²) in [6.07, 6.45) is 5.94. The molecule has 2 aliphatic rings. The Morgan fingerprint density at radius 3 is 2.94 bits per heavy atom. The number of imidazole rings is 1. The van der Waals surface area contributed by atoms with Crippen molar-refractivity contribution in [3.63, 3.8) is 0 Å². The number of aromatic amines is 1. The molecule has 8 nitrogen and oxygen atoms in total. The minimum absolute atomic E-state index is 0.241. The van der Waals surface area contributed by atoms with E-state index in [1.54, 1.807) is 6.33 Å². The second kappa shape index (κ2) is 9.07. The zero-order valence-corrected chi connectivity index (χ0v) is 20.0. The first kappa shape index (κ1) is 21.7. The maximum absolute atomic E-state index is 11.9. The molecule has 2 N–H and O–H groups in total. The Morgan fingerprint density at radius 2 is 2.06 bits per heavy atom. The van der Waals surface area contributed by atoms with E-state index in [9.17, 15) is 4.79 Å². The van der Waals surface area contributed by atoms with E-state index in [-0.39, 0.29) is 11.9 Å². The lowest BCUT2D eigenvalue weighted by Crippen LogP contribution is -2.29. The molecule has 2 aromatic heterocycles. The molecule has 0 spiro atoms. The van der Waals surface area contributed by atoms with Gasteiger partial charge in [0.2, 0.25) is 5.91 Å².